The second-order valence-electron chi connectivity index (χ2n) is 7.07. The summed E-state index contributed by atoms with van der Waals surface area (Å²) in [4.78, 5) is 16.2. The van der Waals surface area contributed by atoms with E-state index in [1.807, 2.05) is 19.2 Å². The highest BCUT2D eigenvalue weighted by Crippen LogP contribution is 2.27. The Morgan fingerprint density at radius 3 is 2.77 bits per heavy atom. The zero-order chi connectivity index (χ0) is 17.9. The van der Waals surface area contributed by atoms with Gasteiger partial charge in [0.25, 0.3) is 0 Å². The highest BCUT2D eigenvalue weighted by molar-refractivity contribution is 5.81. The predicted octanol–water partition coefficient (Wildman–Crippen LogP) is 3.44. The first-order valence-corrected chi connectivity index (χ1v) is 9.31. The Hall–Kier alpha value is -2.53. The molecule has 5 heteroatoms. The van der Waals surface area contributed by atoms with Crippen LogP contribution < -0.4 is 10.2 Å². The van der Waals surface area contributed by atoms with Gasteiger partial charge < -0.3 is 10.2 Å². The average molecular weight is 347 g/mol. The van der Waals surface area contributed by atoms with Gasteiger partial charge in [-0.3, -0.25) is 4.98 Å². The van der Waals surface area contributed by atoms with E-state index in [2.05, 4.69) is 57.6 Å². The molecule has 0 aliphatic carbocycles. The quantitative estimate of drug-likeness (QED) is 0.783. The van der Waals surface area contributed by atoms with E-state index in [4.69, 9.17) is 4.98 Å². The molecule has 0 bridgehead atoms. The molecule has 3 aromatic rings. The molecule has 1 N–H and O–H groups in total. The molecule has 2 aromatic heterocycles. The second kappa shape index (κ2) is 7.38. The largest absolute Gasteiger partial charge is 0.355 e. The van der Waals surface area contributed by atoms with E-state index in [1.165, 1.54) is 16.6 Å². The summed E-state index contributed by atoms with van der Waals surface area (Å²) in [5, 5.41) is 4.60. The molecule has 1 aromatic carbocycles. The van der Waals surface area contributed by atoms with Gasteiger partial charge in [0.15, 0.2) is 0 Å². The van der Waals surface area contributed by atoms with Crippen LogP contribution in [0.4, 0.5) is 5.82 Å². The van der Waals surface area contributed by atoms with Crippen molar-refractivity contribution in [3.63, 3.8) is 0 Å². The zero-order valence-corrected chi connectivity index (χ0v) is 15.4. The van der Waals surface area contributed by atoms with Crippen molar-refractivity contribution in [3.05, 3.63) is 59.7 Å². The number of anilines is 1. The van der Waals surface area contributed by atoms with Gasteiger partial charge in [0.1, 0.15) is 11.6 Å². The molecule has 1 fully saturated rings. The number of aromatic nitrogens is 3. The maximum atomic E-state index is 4.72. The number of fused-ring (bicyclic) bond motifs is 1. The summed E-state index contributed by atoms with van der Waals surface area (Å²) in [5.74, 6) is 2.36. The van der Waals surface area contributed by atoms with Crippen molar-refractivity contribution in [2.45, 2.75) is 32.2 Å². The Labute approximate surface area is 154 Å². The zero-order valence-electron chi connectivity index (χ0n) is 15.4. The smallest absolute Gasteiger partial charge is 0.132 e. The number of hydrogen-bond acceptors (Lipinski definition) is 5. The standard InChI is InChI=1S/C21H25N5/c1-15-24-19(16-8-11-22-12-9-16)13-20(25-15)26(2)14-18-6-3-5-17-7-4-10-23-21(17)18/h3-7,10,13,16,22H,8-9,11-12,14H2,1-2H3. The van der Waals surface area contributed by atoms with Gasteiger partial charge in [-0.15, -0.1) is 0 Å². The van der Waals surface area contributed by atoms with Crippen molar-refractivity contribution in [1.29, 1.82) is 0 Å². The predicted molar refractivity (Wildman–Crippen MR) is 105 cm³/mol. The van der Waals surface area contributed by atoms with Crippen LogP contribution in [-0.4, -0.2) is 35.1 Å². The third-order valence-electron chi connectivity index (χ3n) is 5.12. The summed E-state index contributed by atoms with van der Waals surface area (Å²) in [7, 11) is 2.09. The molecule has 1 saturated heterocycles. The van der Waals surface area contributed by atoms with Crippen molar-refractivity contribution < 1.29 is 0 Å². The lowest BCUT2D eigenvalue weighted by Gasteiger charge is -2.24. The van der Waals surface area contributed by atoms with Crippen molar-refractivity contribution in [3.8, 4) is 0 Å². The highest BCUT2D eigenvalue weighted by Gasteiger charge is 2.19. The molecule has 5 nitrogen and oxygen atoms in total. The number of piperidine rings is 1. The third-order valence-corrected chi connectivity index (χ3v) is 5.12. The Balaban J connectivity index is 1.61. The number of aryl methyl sites for hydroxylation is 1. The minimum Gasteiger partial charge on any atom is -0.355 e. The monoisotopic (exact) mass is 347 g/mol. The summed E-state index contributed by atoms with van der Waals surface area (Å²) >= 11 is 0. The van der Waals surface area contributed by atoms with E-state index >= 15 is 0 Å². The molecule has 0 radical (unpaired) electrons. The molecule has 134 valence electrons. The fourth-order valence-corrected chi connectivity index (χ4v) is 3.73. The van der Waals surface area contributed by atoms with Gasteiger partial charge in [0.2, 0.25) is 0 Å². The molecule has 1 aliphatic heterocycles. The number of rotatable bonds is 4. The van der Waals surface area contributed by atoms with Crippen LogP contribution >= 0.6 is 0 Å². The molecule has 0 atom stereocenters. The van der Waals surface area contributed by atoms with Crippen molar-refractivity contribution in [2.24, 2.45) is 0 Å². The Morgan fingerprint density at radius 1 is 1.12 bits per heavy atom. The van der Waals surface area contributed by atoms with Gasteiger partial charge in [-0.2, -0.15) is 0 Å². The third kappa shape index (κ3) is 3.53. The number of nitrogens with zero attached hydrogens (tertiary/aromatic N) is 4. The van der Waals surface area contributed by atoms with Crippen LogP contribution in [0, 0.1) is 6.92 Å². The van der Waals surface area contributed by atoms with Crippen LogP contribution in [0.25, 0.3) is 10.9 Å². The summed E-state index contributed by atoms with van der Waals surface area (Å²) < 4.78 is 0. The highest BCUT2D eigenvalue weighted by atomic mass is 15.2. The van der Waals surface area contributed by atoms with Crippen LogP contribution in [0.3, 0.4) is 0 Å². The van der Waals surface area contributed by atoms with Crippen molar-refractivity contribution in [1.82, 2.24) is 20.3 Å². The average Bonchev–Trinajstić information content (AvgIpc) is 2.68. The van der Waals surface area contributed by atoms with E-state index in [1.54, 1.807) is 0 Å². The Bertz CT molecular complexity index is 897. The molecule has 0 unspecified atom stereocenters. The van der Waals surface area contributed by atoms with Gasteiger partial charge in [-0.05, 0) is 44.5 Å². The molecule has 3 heterocycles. The normalized spacial score (nSPS) is 15.3. The second-order valence-corrected chi connectivity index (χ2v) is 7.07. The number of para-hydroxylation sites is 1. The topological polar surface area (TPSA) is 53.9 Å². The Kier molecular flexibility index (Phi) is 4.80. The van der Waals surface area contributed by atoms with E-state index in [0.29, 0.717) is 5.92 Å². The first-order chi connectivity index (χ1) is 12.7. The minimum absolute atomic E-state index is 0.532. The molecular weight excluding hydrogens is 322 g/mol. The van der Waals surface area contributed by atoms with Crippen molar-refractivity contribution in [2.75, 3.05) is 25.0 Å². The first-order valence-electron chi connectivity index (χ1n) is 9.31. The van der Waals surface area contributed by atoms with Gasteiger partial charge in [-0.1, -0.05) is 24.3 Å². The molecule has 0 spiro atoms. The molecule has 1 aliphatic rings. The van der Waals surface area contributed by atoms with E-state index < -0.39 is 0 Å². The molecule has 0 amide bonds. The van der Waals surface area contributed by atoms with Gasteiger partial charge in [-0.25, -0.2) is 9.97 Å². The van der Waals surface area contributed by atoms with E-state index in [9.17, 15) is 0 Å². The lowest BCUT2D eigenvalue weighted by molar-refractivity contribution is 0.452. The van der Waals surface area contributed by atoms with Crippen LogP contribution in [-0.2, 0) is 6.54 Å². The Morgan fingerprint density at radius 2 is 1.92 bits per heavy atom. The number of benzene rings is 1. The first kappa shape index (κ1) is 16.9. The van der Waals surface area contributed by atoms with Gasteiger partial charge >= 0.3 is 0 Å². The van der Waals surface area contributed by atoms with Crippen molar-refractivity contribution >= 4 is 16.7 Å². The number of hydrogen-bond donors (Lipinski definition) is 1. The van der Waals surface area contributed by atoms with Gasteiger partial charge in [0.05, 0.1) is 5.52 Å². The fraction of sp³-hybridized carbons (Fsp3) is 0.381. The molecule has 26 heavy (non-hydrogen) atoms. The maximum absolute atomic E-state index is 4.72. The van der Waals surface area contributed by atoms with Crippen LogP contribution in [0.1, 0.15) is 35.8 Å². The fourth-order valence-electron chi connectivity index (χ4n) is 3.73. The van der Waals surface area contributed by atoms with Crippen LogP contribution in [0.5, 0.6) is 0 Å². The molecular formula is C21H25N5. The van der Waals surface area contributed by atoms with E-state index in [0.717, 1.165) is 49.6 Å². The lowest BCUT2D eigenvalue weighted by Crippen LogP contribution is -2.27. The summed E-state index contributed by atoms with van der Waals surface area (Å²) in [6.07, 6.45) is 4.15. The summed E-state index contributed by atoms with van der Waals surface area (Å²) in [5.41, 5.74) is 3.45. The van der Waals surface area contributed by atoms with Crippen LogP contribution in [0.15, 0.2) is 42.6 Å². The maximum Gasteiger partial charge on any atom is 0.132 e. The number of pyridine rings is 1. The molecule has 0 saturated carbocycles. The van der Waals surface area contributed by atoms with E-state index in [-0.39, 0.29) is 0 Å². The summed E-state index contributed by atoms with van der Waals surface area (Å²) in [6.45, 7) is 4.90. The SMILES string of the molecule is Cc1nc(C2CCNCC2)cc(N(C)Cc2cccc3cccnc23)n1. The van der Waals surface area contributed by atoms with Crippen LogP contribution in [0.2, 0.25) is 0 Å². The minimum atomic E-state index is 0.532. The summed E-state index contributed by atoms with van der Waals surface area (Å²) in [6, 6.07) is 12.6. The molecule has 4 rings (SSSR count). The lowest BCUT2D eigenvalue weighted by atomic mass is 9.94. The number of nitrogens with one attached hydrogen (secondary N) is 1. The van der Waals surface area contributed by atoms with Gasteiger partial charge in [0, 0.05) is 42.9 Å².